The first kappa shape index (κ1) is 17.5. The summed E-state index contributed by atoms with van der Waals surface area (Å²) in [5, 5.41) is 0. The van der Waals surface area contributed by atoms with Crippen molar-refractivity contribution >= 4 is 11.6 Å². The highest BCUT2D eigenvalue weighted by Gasteiger charge is 2.31. The molecule has 5 heteroatoms. The maximum atomic E-state index is 12.9. The van der Waals surface area contributed by atoms with E-state index in [-0.39, 0.29) is 11.9 Å². The summed E-state index contributed by atoms with van der Waals surface area (Å²) in [6.45, 7) is 6.16. The minimum Gasteiger partial charge on any atom is -0.307 e. The highest BCUT2D eigenvalue weighted by Crippen LogP contribution is 2.25. The molecule has 0 bridgehead atoms. The fraction of sp³-hybridized carbons (Fsp3) is 0.273. The van der Waals surface area contributed by atoms with Crippen LogP contribution in [0, 0.1) is 6.92 Å². The smallest absolute Gasteiger partial charge is 0.241 e. The van der Waals surface area contributed by atoms with Crippen LogP contribution in [0.5, 0.6) is 0 Å². The van der Waals surface area contributed by atoms with Crippen LogP contribution in [0.1, 0.15) is 18.2 Å². The quantitative estimate of drug-likeness (QED) is 0.716. The summed E-state index contributed by atoms with van der Waals surface area (Å²) in [6, 6.07) is 18.2. The van der Waals surface area contributed by atoms with Gasteiger partial charge in [0.15, 0.2) is 0 Å². The Kier molecular flexibility index (Phi) is 4.77. The Bertz CT molecular complexity index is 934. The molecule has 0 unspecified atom stereocenters. The van der Waals surface area contributed by atoms with Gasteiger partial charge in [-0.15, -0.1) is 0 Å². The summed E-state index contributed by atoms with van der Waals surface area (Å²) in [5.74, 6) is 1.05. The Balaban J connectivity index is 1.52. The minimum atomic E-state index is 0.130. The van der Waals surface area contributed by atoms with Crippen LogP contribution in [0.3, 0.4) is 0 Å². The van der Waals surface area contributed by atoms with Gasteiger partial charge in [0.1, 0.15) is 5.82 Å². The van der Waals surface area contributed by atoms with Crippen molar-refractivity contribution in [1.29, 1.82) is 0 Å². The number of carbonyl (C=O) groups excluding carboxylic acids is 1. The first-order valence-electron chi connectivity index (χ1n) is 9.31. The molecule has 2 aromatic heterocycles. The predicted molar refractivity (Wildman–Crippen MR) is 107 cm³/mol. The second kappa shape index (κ2) is 7.37. The summed E-state index contributed by atoms with van der Waals surface area (Å²) in [4.78, 5) is 21.5. The number of carbonyl (C=O) groups is 1. The lowest BCUT2D eigenvalue weighted by Gasteiger charge is -2.40. The Morgan fingerprint density at radius 2 is 1.89 bits per heavy atom. The van der Waals surface area contributed by atoms with E-state index in [1.54, 1.807) is 6.20 Å². The van der Waals surface area contributed by atoms with Crippen LogP contribution in [-0.2, 0) is 11.3 Å². The Labute approximate surface area is 159 Å². The van der Waals surface area contributed by atoms with Crippen molar-refractivity contribution in [1.82, 2.24) is 14.5 Å². The van der Waals surface area contributed by atoms with Gasteiger partial charge < -0.3 is 9.47 Å². The SMILES string of the molecule is Cc1ccccc1N1C(=O)CN(Cc2cccn2-c2ccccn2)C[C@@H]1C. The Morgan fingerprint density at radius 3 is 2.63 bits per heavy atom. The summed E-state index contributed by atoms with van der Waals surface area (Å²) in [6.07, 6.45) is 3.82. The highest BCUT2D eigenvalue weighted by molar-refractivity contribution is 5.96. The molecule has 3 heterocycles. The normalized spacial score (nSPS) is 18.1. The number of hydrogen-bond acceptors (Lipinski definition) is 3. The van der Waals surface area contributed by atoms with Crippen molar-refractivity contribution < 1.29 is 4.79 Å². The van der Waals surface area contributed by atoms with Gasteiger partial charge in [-0.3, -0.25) is 9.69 Å². The minimum absolute atomic E-state index is 0.130. The van der Waals surface area contributed by atoms with Crippen LogP contribution in [-0.4, -0.2) is 39.5 Å². The number of benzene rings is 1. The summed E-state index contributed by atoms with van der Waals surface area (Å²) in [5.41, 5.74) is 3.29. The van der Waals surface area contributed by atoms with Gasteiger partial charge >= 0.3 is 0 Å². The number of amides is 1. The number of aromatic nitrogens is 2. The van der Waals surface area contributed by atoms with Gasteiger partial charge in [0.05, 0.1) is 6.54 Å². The second-order valence-electron chi connectivity index (χ2n) is 7.13. The van der Waals surface area contributed by atoms with Crippen molar-refractivity contribution in [3.63, 3.8) is 0 Å². The Hall–Kier alpha value is -2.92. The van der Waals surface area contributed by atoms with Crippen molar-refractivity contribution in [2.24, 2.45) is 0 Å². The second-order valence-corrected chi connectivity index (χ2v) is 7.13. The van der Waals surface area contributed by atoms with Crippen LogP contribution >= 0.6 is 0 Å². The number of nitrogens with zero attached hydrogens (tertiary/aromatic N) is 4. The molecule has 0 saturated carbocycles. The molecule has 1 aliphatic heterocycles. The molecule has 1 fully saturated rings. The molecule has 1 aliphatic rings. The largest absolute Gasteiger partial charge is 0.307 e. The lowest BCUT2D eigenvalue weighted by molar-refractivity contribution is -0.122. The lowest BCUT2D eigenvalue weighted by atomic mass is 10.1. The van der Waals surface area contributed by atoms with Crippen molar-refractivity contribution in [2.75, 3.05) is 18.0 Å². The molecule has 138 valence electrons. The first-order chi connectivity index (χ1) is 13.1. The maximum Gasteiger partial charge on any atom is 0.241 e. The molecule has 1 amide bonds. The third-order valence-corrected chi connectivity index (χ3v) is 5.08. The van der Waals surface area contributed by atoms with Gasteiger partial charge in [-0.25, -0.2) is 4.98 Å². The molecule has 1 atom stereocenters. The molecule has 0 aliphatic carbocycles. The molecule has 1 saturated heterocycles. The van der Waals surface area contributed by atoms with Crippen LogP contribution in [0.25, 0.3) is 5.82 Å². The van der Waals surface area contributed by atoms with Crippen LogP contribution < -0.4 is 4.90 Å². The fourth-order valence-corrected chi connectivity index (χ4v) is 3.85. The maximum absolute atomic E-state index is 12.9. The standard InChI is InChI=1S/C22H24N4O/c1-17-8-3-4-10-20(17)26-18(2)14-24(16-22(26)27)15-19-9-7-13-25(19)21-11-5-6-12-23-21/h3-13,18H,14-16H2,1-2H3/t18-/m0/s1. The zero-order chi connectivity index (χ0) is 18.8. The third-order valence-electron chi connectivity index (χ3n) is 5.08. The number of anilines is 1. The predicted octanol–water partition coefficient (Wildman–Crippen LogP) is 3.42. The summed E-state index contributed by atoms with van der Waals surface area (Å²) in [7, 11) is 0. The van der Waals surface area contributed by atoms with Gasteiger partial charge in [-0.1, -0.05) is 24.3 Å². The third kappa shape index (κ3) is 3.51. The van der Waals surface area contributed by atoms with Gasteiger partial charge in [-0.05, 0) is 49.7 Å². The first-order valence-corrected chi connectivity index (χ1v) is 9.31. The van der Waals surface area contributed by atoms with Gasteiger partial charge in [0, 0.05) is 42.9 Å². The van der Waals surface area contributed by atoms with Crippen molar-refractivity contribution in [3.05, 3.63) is 78.2 Å². The topological polar surface area (TPSA) is 41.4 Å². The average molecular weight is 360 g/mol. The molecule has 4 rings (SSSR count). The number of pyridine rings is 1. The molecular formula is C22H24N4O. The lowest BCUT2D eigenvalue weighted by Crippen LogP contribution is -2.55. The van der Waals surface area contributed by atoms with Gasteiger partial charge in [0.25, 0.3) is 0 Å². The molecule has 0 radical (unpaired) electrons. The number of rotatable bonds is 4. The number of piperazine rings is 1. The van der Waals surface area contributed by atoms with Crippen LogP contribution in [0.4, 0.5) is 5.69 Å². The number of para-hydroxylation sites is 1. The zero-order valence-electron chi connectivity index (χ0n) is 15.7. The molecule has 3 aromatic rings. The highest BCUT2D eigenvalue weighted by atomic mass is 16.2. The van der Waals surface area contributed by atoms with E-state index in [2.05, 4.69) is 40.4 Å². The van der Waals surface area contributed by atoms with Crippen LogP contribution in [0.15, 0.2) is 67.0 Å². The number of aryl methyl sites for hydroxylation is 1. The number of hydrogen-bond donors (Lipinski definition) is 0. The molecular weight excluding hydrogens is 336 g/mol. The van der Waals surface area contributed by atoms with E-state index in [1.807, 2.05) is 53.6 Å². The van der Waals surface area contributed by atoms with Crippen molar-refractivity contribution in [3.8, 4) is 5.82 Å². The Morgan fingerprint density at radius 1 is 1.07 bits per heavy atom. The summed E-state index contributed by atoms with van der Waals surface area (Å²) < 4.78 is 2.09. The average Bonchev–Trinajstić information content (AvgIpc) is 3.11. The van der Waals surface area contributed by atoms with E-state index < -0.39 is 0 Å². The summed E-state index contributed by atoms with van der Waals surface area (Å²) >= 11 is 0. The van der Waals surface area contributed by atoms with Crippen LogP contribution in [0.2, 0.25) is 0 Å². The van der Waals surface area contributed by atoms with E-state index >= 15 is 0 Å². The fourth-order valence-electron chi connectivity index (χ4n) is 3.85. The molecule has 27 heavy (non-hydrogen) atoms. The van der Waals surface area contributed by atoms with Gasteiger partial charge in [0.2, 0.25) is 5.91 Å². The van der Waals surface area contributed by atoms with Gasteiger partial charge in [-0.2, -0.15) is 0 Å². The monoisotopic (exact) mass is 360 g/mol. The van der Waals surface area contributed by atoms with E-state index in [0.717, 1.165) is 35.9 Å². The molecule has 5 nitrogen and oxygen atoms in total. The molecule has 1 aromatic carbocycles. The van der Waals surface area contributed by atoms with E-state index in [1.165, 1.54) is 0 Å². The molecule has 0 spiro atoms. The molecule has 0 N–H and O–H groups in total. The van der Waals surface area contributed by atoms with Crippen molar-refractivity contribution in [2.45, 2.75) is 26.4 Å². The van der Waals surface area contributed by atoms with E-state index in [9.17, 15) is 4.79 Å². The van der Waals surface area contributed by atoms with E-state index in [0.29, 0.717) is 6.54 Å². The zero-order valence-corrected chi connectivity index (χ0v) is 15.7. The van der Waals surface area contributed by atoms with E-state index in [4.69, 9.17) is 0 Å².